The Bertz CT molecular complexity index is 406. The van der Waals surface area contributed by atoms with Crippen molar-refractivity contribution in [3.8, 4) is 0 Å². The predicted octanol–water partition coefficient (Wildman–Crippen LogP) is 5.68. The average molecular weight is 331 g/mol. The standard InChI is InChI=1S/C20H32F2.H2O.H2/c1-13-3-6-15(7-4-13)16-8-10-17(11-9-16)18-12-5-14(2)19(21)20(18)22;;/h10,13-16,18-20H,3-9,11-12H2,1-2H3;1H2;1H. The van der Waals surface area contributed by atoms with E-state index in [-0.39, 0.29) is 18.7 Å². The first kappa shape index (κ1) is 18.9. The van der Waals surface area contributed by atoms with E-state index in [1.54, 1.807) is 0 Å². The van der Waals surface area contributed by atoms with Crippen LogP contribution in [0.15, 0.2) is 11.6 Å². The Morgan fingerprint density at radius 2 is 1.57 bits per heavy atom. The molecule has 0 saturated heterocycles. The third kappa shape index (κ3) is 4.15. The summed E-state index contributed by atoms with van der Waals surface area (Å²) in [5.41, 5.74) is 1.24. The van der Waals surface area contributed by atoms with Gasteiger partial charge in [0.25, 0.3) is 0 Å². The molecule has 2 fully saturated rings. The van der Waals surface area contributed by atoms with E-state index in [4.69, 9.17) is 0 Å². The molecule has 3 rings (SSSR count). The van der Waals surface area contributed by atoms with Crippen molar-refractivity contribution in [2.75, 3.05) is 0 Å². The van der Waals surface area contributed by atoms with Crippen molar-refractivity contribution in [3.05, 3.63) is 11.6 Å². The molecule has 0 radical (unpaired) electrons. The summed E-state index contributed by atoms with van der Waals surface area (Å²) in [6, 6.07) is 0. The topological polar surface area (TPSA) is 31.5 Å². The van der Waals surface area contributed by atoms with Gasteiger partial charge >= 0.3 is 0 Å². The molecule has 0 aromatic heterocycles. The van der Waals surface area contributed by atoms with Crippen LogP contribution >= 0.6 is 0 Å². The van der Waals surface area contributed by atoms with Gasteiger partial charge in [-0.15, -0.1) is 0 Å². The summed E-state index contributed by atoms with van der Waals surface area (Å²) in [6.45, 7) is 4.22. The monoisotopic (exact) mass is 330 g/mol. The highest BCUT2D eigenvalue weighted by Gasteiger charge is 2.40. The summed E-state index contributed by atoms with van der Waals surface area (Å²) >= 11 is 0. The maximum absolute atomic E-state index is 14.4. The molecule has 2 N–H and O–H groups in total. The smallest absolute Gasteiger partial charge is 0.138 e. The fraction of sp³-hybridized carbons (Fsp3) is 0.900. The second-order valence-electron chi connectivity index (χ2n) is 8.38. The molecule has 0 spiro atoms. The van der Waals surface area contributed by atoms with Crippen LogP contribution in [0.25, 0.3) is 0 Å². The first-order valence-corrected chi connectivity index (χ1v) is 9.53. The van der Waals surface area contributed by atoms with E-state index in [0.29, 0.717) is 0 Å². The number of rotatable bonds is 2. The van der Waals surface area contributed by atoms with Crippen LogP contribution in [0.5, 0.6) is 0 Å². The fourth-order valence-electron chi connectivity index (χ4n) is 5.08. The second kappa shape index (κ2) is 8.09. The molecule has 0 aromatic carbocycles. The minimum Gasteiger partial charge on any atom is -0.412 e. The average Bonchev–Trinajstić information content (AvgIpc) is 2.54. The van der Waals surface area contributed by atoms with Gasteiger partial charge in [0.1, 0.15) is 12.3 Å². The molecule has 0 bridgehead atoms. The molecule has 0 amide bonds. The van der Waals surface area contributed by atoms with E-state index in [1.807, 2.05) is 6.92 Å². The Hall–Kier alpha value is -0.440. The van der Waals surface area contributed by atoms with Crippen molar-refractivity contribution in [2.45, 2.75) is 84.0 Å². The molecule has 3 heteroatoms. The minimum atomic E-state index is -1.26. The van der Waals surface area contributed by atoms with Gasteiger partial charge < -0.3 is 5.48 Å². The first-order valence-electron chi connectivity index (χ1n) is 9.53. The first-order chi connectivity index (χ1) is 10.6. The van der Waals surface area contributed by atoms with Crippen LogP contribution in [0, 0.1) is 29.6 Å². The molecule has 0 aromatic rings. The van der Waals surface area contributed by atoms with Crippen LogP contribution < -0.4 is 0 Å². The third-order valence-electron chi connectivity index (χ3n) is 6.86. The molecule has 136 valence electrons. The third-order valence-corrected chi connectivity index (χ3v) is 6.86. The van der Waals surface area contributed by atoms with E-state index in [9.17, 15) is 8.78 Å². The Morgan fingerprint density at radius 1 is 0.870 bits per heavy atom. The molecule has 2 saturated carbocycles. The molecular weight excluding hydrogens is 294 g/mol. The van der Waals surface area contributed by atoms with Gasteiger partial charge in [-0.05, 0) is 68.6 Å². The minimum absolute atomic E-state index is 0. The van der Waals surface area contributed by atoms with Crippen LogP contribution in [0.3, 0.4) is 0 Å². The van der Waals surface area contributed by atoms with E-state index >= 15 is 0 Å². The highest BCUT2D eigenvalue weighted by atomic mass is 19.2. The quantitative estimate of drug-likeness (QED) is 0.583. The zero-order valence-corrected chi connectivity index (χ0v) is 14.7. The summed E-state index contributed by atoms with van der Waals surface area (Å²) in [5, 5.41) is 0. The molecule has 3 aliphatic carbocycles. The van der Waals surface area contributed by atoms with Crippen molar-refractivity contribution in [3.63, 3.8) is 0 Å². The SMILES string of the molecule is CC1CCC(C2CC=C(C3CCC(C)C(F)C3F)CC2)CC1.O.[HH]. The van der Waals surface area contributed by atoms with E-state index in [1.165, 1.54) is 37.7 Å². The lowest BCUT2D eigenvalue weighted by Gasteiger charge is -2.38. The molecule has 5 unspecified atom stereocenters. The predicted molar refractivity (Wildman–Crippen MR) is 94.0 cm³/mol. The van der Waals surface area contributed by atoms with Gasteiger partial charge in [0.05, 0.1) is 0 Å². The van der Waals surface area contributed by atoms with E-state index in [2.05, 4.69) is 13.0 Å². The lowest BCUT2D eigenvalue weighted by Crippen LogP contribution is -2.38. The van der Waals surface area contributed by atoms with Crippen LogP contribution in [0.2, 0.25) is 0 Å². The van der Waals surface area contributed by atoms with E-state index in [0.717, 1.165) is 43.4 Å². The fourth-order valence-corrected chi connectivity index (χ4v) is 5.08. The zero-order chi connectivity index (χ0) is 15.7. The Balaban J connectivity index is 0.00000144. The maximum Gasteiger partial charge on any atom is 0.138 e. The lowest BCUT2D eigenvalue weighted by molar-refractivity contribution is 0.0402. The molecule has 0 heterocycles. The summed E-state index contributed by atoms with van der Waals surface area (Å²) in [7, 11) is 0. The van der Waals surface area contributed by atoms with Crippen LogP contribution in [-0.2, 0) is 0 Å². The van der Waals surface area contributed by atoms with Gasteiger partial charge in [0.2, 0.25) is 0 Å². The maximum atomic E-state index is 14.4. The van der Waals surface area contributed by atoms with Gasteiger partial charge in [0, 0.05) is 7.34 Å². The Labute approximate surface area is 141 Å². The van der Waals surface area contributed by atoms with Crippen molar-refractivity contribution in [1.82, 2.24) is 0 Å². The van der Waals surface area contributed by atoms with Crippen molar-refractivity contribution in [1.29, 1.82) is 0 Å². The van der Waals surface area contributed by atoms with E-state index < -0.39 is 12.3 Å². The molecule has 5 atom stereocenters. The second-order valence-corrected chi connectivity index (χ2v) is 8.38. The Morgan fingerprint density at radius 3 is 2.17 bits per heavy atom. The summed E-state index contributed by atoms with van der Waals surface area (Å²) < 4.78 is 28.3. The Kier molecular flexibility index (Phi) is 6.65. The summed E-state index contributed by atoms with van der Waals surface area (Å²) in [6.07, 6.45) is 10.3. The van der Waals surface area contributed by atoms with Crippen LogP contribution in [0.4, 0.5) is 8.78 Å². The summed E-state index contributed by atoms with van der Waals surface area (Å²) in [5.74, 6) is 2.36. The van der Waals surface area contributed by atoms with Gasteiger partial charge in [0.15, 0.2) is 0 Å². The van der Waals surface area contributed by atoms with Crippen molar-refractivity contribution in [2.24, 2.45) is 29.6 Å². The van der Waals surface area contributed by atoms with Gasteiger partial charge in [-0.25, -0.2) is 8.78 Å². The zero-order valence-electron chi connectivity index (χ0n) is 14.7. The largest absolute Gasteiger partial charge is 0.412 e. The van der Waals surface area contributed by atoms with Crippen molar-refractivity contribution >= 4 is 0 Å². The molecule has 3 aliphatic rings. The summed E-state index contributed by atoms with van der Waals surface area (Å²) in [4.78, 5) is 0. The molecule has 0 aliphatic heterocycles. The molecule has 1 nitrogen and oxygen atoms in total. The number of alkyl halides is 2. The highest BCUT2D eigenvalue weighted by molar-refractivity contribution is 5.15. The van der Waals surface area contributed by atoms with Gasteiger partial charge in [-0.3, -0.25) is 0 Å². The lowest BCUT2D eigenvalue weighted by atomic mass is 9.68. The molecule has 23 heavy (non-hydrogen) atoms. The van der Waals surface area contributed by atoms with Crippen molar-refractivity contribution < 1.29 is 15.7 Å². The number of allylic oxidation sites excluding steroid dienone is 2. The van der Waals surface area contributed by atoms with Gasteiger partial charge in [-0.2, -0.15) is 0 Å². The highest BCUT2D eigenvalue weighted by Crippen LogP contribution is 2.44. The number of hydrogen-bond donors (Lipinski definition) is 0. The van der Waals surface area contributed by atoms with Crippen LogP contribution in [-0.4, -0.2) is 17.8 Å². The van der Waals surface area contributed by atoms with Gasteiger partial charge in [-0.1, -0.05) is 38.3 Å². The number of hydrogen-bond acceptors (Lipinski definition) is 0. The normalized spacial score (nSPS) is 45.0. The number of halogens is 2. The molecular formula is C20H36F2O. The van der Waals surface area contributed by atoms with Crippen LogP contribution in [0.1, 0.15) is 73.1 Å².